The molecule has 34 heavy (non-hydrogen) atoms. The molecule has 5 rings (SSSR count). The van der Waals surface area contributed by atoms with Crippen molar-refractivity contribution >= 4 is 63.3 Å². The minimum atomic E-state index is 0.136. The topological polar surface area (TPSA) is 122 Å². The van der Waals surface area contributed by atoms with Gasteiger partial charge in [-0.25, -0.2) is 19.9 Å². The summed E-state index contributed by atoms with van der Waals surface area (Å²) < 4.78 is 0. The Kier molecular flexibility index (Phi) is 6.56. The van der Waals surface area contributed by atoms with Gasteiger partial charge in [-0.2, -0.15) is 0 Å². The number of amides is 1. The number of fused-ring (bicyclic) bond motifs is 1. The first-order valence-electron chi connectivity index (χ1n) is 11.5. The molecule has 4 N–H and O–H groups in total. The van der Waals surface area contributed by atoms with Crippen LogP contribution in [0, 0.1) is 5.92 Å². The van der Waals surface area contributed by atoms with Crippen molar-refractivity contribution in [1.82, 2.24) is 24.8 Å². The summed E-state index contributed by atoms with van der Waals surface area (Å²) in [4.78, 5) is 32.4. The fourth-order valence-corrected chi connectivity index (χ4v) is 5.16. The summed E-state index contributed by atoms with van der Waals surface area (Å²) in [5, 5.41) is 7.33. The van der Waals surface area contributed by atoms with Gasteiger partial charge in [0, 0.05) is 30.7 Å². The van der Waals surface area contributed by atoms with Gasteiger partial charge >= 0.3 is 0 Å². The predicted octanol–water partition coefficient (Wildman–Crippen LogP) is 4.65. The lowest BCUT2D eigenvalue weighted by atomic mass is 9.85. The van der Waals surface area contributed by atoms with E-state index in [0.29, 0.717) is 50.1 Å². The number of nitrogen functional groups attached to an aromatic ring is 1. The van der Waals surface area contributed by atoms with Crippen LogP contribution in [0.4, 0.5) is 23.1 Å². The molecular formula is C23H26Cl2N8O. The molecule has 1 aromatic carbocycles. The Morgan fingerprint density at radius 1 is 1.03 bits per heavy atom. The van der Waals surface area contributed by atoms with E-state index in [1.165, 1.54) is 6.33 Å². The van der Waals surface area contributed by atoms with Gasteiger partial charge in [0.1, 0.15) is 17.4 Å². The third kappa shape index (κ3) is 4.81. The maximum atomic E-state index is 12.7. The van der Waals surface area contributed by atoms with E-state index < -0.39 is 0 Å². The Hall–Kier alpha value is -2.91. The van der Waals surface area contributed by atoms with Crippen molar-refractivity contribution in [2.45, 2.75) is 44.6 Å². The van der Waals surface area contributed by atoms with Crippen molar-refractivity contribution in [2.24, 2.45) is 5.92 Å². The largest absolute Gasteiger partial charge is 0.396 e. The van der Waals surface area contributed by atoms with Crippen LogP contribution in [-0.4, -0.2) is 49.9 Å². The molecule has 0 radical (unpaired) electrons. The monoisotopic (exact) mass is 500 g/mol. The van der Waals surface area contributed by atoms with Crippen LogP contribution in [0.15, 0.2) is 24.7 Å². The summed E-state index contributed by atoms with van der Waals surface area (Å²) in [7, 11) is 0. The predicted molar refractivity (Wildman–Crippen MR) is 134 cm³/mol. The highest BCUT2D eigenvalue weighted by Crippen LogP contribution is 2.33. The highest BCUT2D eigenvalue weighted by molar-refractivity contribution is 6.39. The lowest BCUT2D eigenvalue weighted by Gasteiger charge is -2.30. The van der Waals surface area contributed by atoms with Gasteiger partial charge in [-0.3, -0.25) is 4.79 Å². The van der Waals surface area contributed by atoms with Gasteiger partial charge in [-0.15, -0.1) is 0 Å². The van der Waals surface area contributed by atoms with E-state index in [9.17, 15) is 4.79 Å². The molecule has 2 aliphatic rings. The zero-order valence-electron chi connectivity index (χ0n) is 18.6. The fourth-order valence-electron chi connectivity index (χ4n) is 4.67. The van der Waals surface area contributed by atoms with Gasteiger partial charge in [0.25, 0.3) is 0 Å². The summed E-state index contributed by atoms with van der Waals surface area (Å²) in [6.45, 7) is 1.82. The Labute approximate surface area is 207 Å². The number of nitrogens with two attached hydrogens (primary N) is 1. The fraction of sp³-hybridized carbons (Fsp3) is 0.435. The molecule has 1 aliphatic carbocycles. The molecule has 11 heteroatoms. The van der Waals surface area contributed by atoms with Crippen LogP contribution in [0.25, 0.3) is 11.0 Å². The molecule has 2 fully saturated rings. The normalized spacial score (nSPS) is 20.5. The molecule has 0 bridgehead atoms. The second-order valence-corrected chi connectivity index (χ2v) is 9.67. The van der Waals surface area contributed by atoms with Crippen molar-refractivity contribution in [3.8, 4) is 0 Å². The van der Waals surface area contributed by atoms with Crippen LogP contribution < -0.4 is 16.4 Å². The number of likely N-dealkylation sites (tertiary alicyclic amines) is 1. The molecule has 2 aromatic heterocycles. The first-order valence-corrected chi connectivity index (χ1v) is 12.3. The number of hydrogen-bond acceptors (Lipinski definition) is 8. The Balaban J connectivity index is 1.28. The molecule has 3 aromatic rings. The molecule has 0 spiro atoms. The molecule has 0 atom stereocenters. The number of halogens is 2. The molecule has 0 unspecified atom stereocenters. The van der Waals surface area contributed by atoms with E-state index in [1.807, 2.05) is 4.90 Å². The number of hydrogen-bond donors (Lipinski definition) is 3. The van der Waals surface area contributed by atoms with Gasteiger partial charge in [0.05, 0.1) is 21.9 Å². The third-order valence-electron chi connectivity index (χ3n) is 6.55. The number of nitrogens with zero attached hydrogens (tertiary/aromatic N) is 5. The maximum absolute atomic E-state index is 12.7. The van der Waals surface area contributed by atoms with E-state index >= 15 is 0 Å². The SMILES string of the molecule is Nc1c(Cl)cc(Nc2ncnc3cnc(NC4CCC(C(=O)N5CCCC5)CC4)nc23)cc1Cl. The minimum Gasteiger partial charge on any atom is -0.396 e. The molecule has 1 amide bonds. The van der Waals surface area contributed by atoms with E-state index in [0.717, 1.165) is 51.6 Å². The van der Waals surface area contributed by atoms with Crippen molar-refractivity contribution in [3.63, 3.8) is 0 Å². The first-order chi connectivity index (χ1) is 16.5. The Morgan fingerprint density at radius 2 is 1.74 bits per heavy atom. The molecule has 1 saturated carbocycles. The van der Waals surface area contributed by atoms with Crippen LogP contribution in [-0.2, 0) is 4.79 Å². The number of rotatable bonds is 5. The molecule has 178 valence electrons. The molecule has 1 aliphatic heterocycles. The standard InChI is InChI=1S/C23H26Cl2N8O/c24-16-9-15(10-17(25)19(16)26)30-21-20-18(28-12-29-21)11-27-23(32-20)31-14-5-3-13(4-6-14)22(34)33-7-1-2-8-33/h9-14H,1-8,26H2,(H,27,31,32)(H,28,29,30). The summed E-state index contributed by atoms with van der Waals surface area (Å²) in [5.41, 5.74) is 7.97. The summed E-state index contributed by atoms with van der Waals surface area (Å²) in [6, 6.07) is 3.58. The maximum Gasteiger partial charge on any atom is 0.225 e. The summed E-state index contributed by atoms with van der Waals surface area (Å²) in [5.74, 6) is 1.48. The van der Waals surface area contributed by atoms with Crippen LogP contribution in [0.1, 0.15) is 38.5 Å². The smallest absolute Gasteiger partial charge is 0.225 e. The number of aromatic nitrogens is 4. The van der Waals surface area contributed by atoms with Crippen LogP contribution in [0.3, 0.4) is 0 Å². The lowest BCUT2D eigenvalue weighted by molar-refractivity contribution is -0.135. The average Bonchev–Trinajstić information content (AvgIpc) is 3.38. The lowest BCUT2D eigenvalue weighted by Crippen LogP contribution is -2.37. The number of nitrogens with one attached hydrogen (secondary N) is 2. The second kappa shape index (κ2) is 9.76. The zero-order chi connectivity index (χ0) is 23.7. The minimum absolute atomic E-state index is 0.136. The molecular weight excluding hydrogens is 475 g/mol. The van der Waals surface area contributed by atoms with E-state index in [1.54, 1.807) is 18.3 Å². The Morgan fingerprint density at radius 3 is 2.44 bits per heavy atom. The van der Waals surface area contributed by atoms with Gasteiger partial charge in [0.15, 0.2) is 5.82 Å². The second-order valence-electron chi connectivity index (χ2n) is 8.85. The first kappa shape index (κ1) is 22.9. The van der Waals surface area contributed by atoms with Gasteiger partial charge in [0.2, 0.25) is 11.9 Å². The van der Waals surface area contributed by atoms with E-state index in [4.69, 9.17) is 28.9 Å². The van der Waals surface area contributed by atoms with Crippen LogP contribution in [0.5, 0.6) is 0 Å². The highest BCUT2D eigenvalue weighted by atomic mass is 35.5. The van der Waals surface area contributed by atoms with Crippen molar-refractivity contribution in [3.05, 3.63) is 34.7 Å². The quantitative estimate of drug-likeness (QED) is 0.432. The third-order valence-corrected chi connectivity index (χ3v) is 7.17. The molecule has 1 saturated heterocycles. The summed E-state index contributed by atoms with van der Waals surface area (Å²) >= 11 is 12.3. The van der Waals surface area contributed by atoms with Crippen molar-refractivity contribution < 1.29 is 4.79 Å². The number of carbonyl (C=O) groups excluding carboxylic acids is 1. The number of carbonyl (C=O) groups is 1. The highest BCUT2D eigenvalue weighted by Gasteiger charge is 2.30. The van der Waals surface area contributed by atoms with Gasteiger partial charge in [-0.05, 0) is 50.7 Å². The van der Waals surface area contributed by atoms with Crippen molar-refractivity contribution in [2.75, 3.05) is 29.5 Å². The molecule has 9 nitrogen and oxygen atoms in total. The molecule has 3 heterocycles. The van der Waals surface area contributed by atoms with Gasteiger partial charge in [-0.1, -0.05) is 23.2 Å². The van der Waals surface area contributed by atoms with Crippen molar-refractivity contribution in [1.29, 1.82) is 0 Å². The average molecular weight is 501 g/mol. The van der Waals surface area contributed by atoms with Gasteiger partial charge < -0.3 is 21.3 Å². The Bertz CT molecular complexity index is 1190. The van der Waals surface area contributed by atoms with E-state index in [-0.39, 0.29) is 12.0 Å². The summed E-state index contributed by atoms with van der Waals surface area (Å²) in [6.07, 6.45) is 8.95. The van der Waals surface area contributed by atoms with Crippen LogP contribution >= 0.6 is 23.2 Å². The number of benzene rings is 1. The van der Waals surface area contributed by atoms with Crippen LogP contribution in [0.2, 0.25) is 10.0 Å². The zero-order valence-corrected chi connectivity index (χ0v) is 20.1. The number of anilines is 4. The van der Waals surface area contributed by atoms with E-state index in [2.05, 4.69) is 30.6 Å².